The zero-order chi connectivity index (χ0) is 14.8. The summed E-state index contributed by atoms with van der Waals surface area (Å²) in [5.41, 5.74) is 1.96. The average Bonchev–Trinajstić information content (AvgIpc) is 2.82. The van der Waals surface area contributed by atoms with Gasteiger partial charge in [0.15, 0.2) is 5.82 Å². The van der Waals surface area contributed by atoms with Gasteiger partial charge in [0.05, 0.1) is 12.3 Å². The third kappa shape index (κ3) is 2.82. The van der Waals surface area contributed by atoms with Crippen molar-refractivity contribution < 1.29 is 5.11 Å². The van der Waals surface area contributed by atoms with Crippen LogP contribution in [0.1, 0.15) is 26.5 Å². The second-order valence-electron chi connectivity index (χ2n) is 5.82. The van der Waals surface area contributed by atoms with E-state index in [2.05, 4.69) is 43.5 Å². The van der Waals surface area contributed by atoms with Crippen LogP contribution in [-0.4, -0.2) is 39.4 Å². The maximum Gasteiger partial charge on any atom is 0.155 e. The summed E-state index contributed by atoms with van der Waals surface area (Å²) in [6.07, 6.45) is 5.39. The summed E-state index contributed by atoms with van der Waals surface area (Å²) >= 11 is 0. The standard InChI is InChI=1S/C15H22N4O/c1-5-7-18(9-10-20)14-12-11-13(15(2,3)4)17-19(12)8-6-16-14/h5-6,8,11,20H,1,7,9-10H2,2-4H3. The number of aliphatic hydroxyl groups is 1. The predicted molar refractivity (Wildman–Crippen MR) is 81.2 cm³/mol. The van der Waals surface area contributed by atoms with E-state index in [0.29, 0.717) is 13.1 Å². The van der Waals surface area contributed by atoms with Crippen LogP contribution in [0.25, 0.3) is 5.52 Å². The van der Waals surface area contributed by atoms with Crippen molar-refractivity contribution in [3.8, 4) is 0 Å². The molecule has 0 fully saturated rings. The van der Waals surface area contributed by atoms with Crippen molar-refractivity contribution in [3.63, 3.8) is 0 Å². The molecule has 0 aromatic carbocycles. The summed E-state index contributed by atoms with van der Waals surface area (Å²) in [5, 5.41) is 13.8. The summed E-state index contributed by atoms with van der Waals surface area (Å²) < 4.78 is 1.84. The van der Waals surface area contributed by atoms with Crippen LogP contribution >= 0.6 is 0 Å². The van der Waals surface area contributed by atoms with Crippen LogP contribution in [0, 0.1) is 0 Å². The molecule has 0 saturated heterocycles. The van der Waals surface area contributed by atoms with Crippen LogP contribution in [0.4, 0.5) is 5.82 Å². The molecule has 0 amide bonds. The van der Waals surface area contributed by atoms with Crippen molar-refractivity contribution >= 4 is 11.3 Å². The molecule has 2 aromatic heterocycles. The molecular formula is C15H22N4O. The van der Waals surface area contributed by atoms with Crippen molar-refractivity contribution in [2.45, 2.75) is 26.2 Å². The molecule has 0 bridgehead atoms. The Hall–Kier alpha value is -1.88. The second-order valence-corrected chi connectivity index (χ2v) is 5.82. The van der Waals surface area contributed by atoms with E-state index in [1.54, 1.807) is 6.20 Å². The van der Waals surface area contributed by atoms with Gasteiger partial charge in [0, 0.05) is 30.9 Å². The Kier molecular flexibility index (Phi) is 4.09. The molecular weight excluding hydrogens is 252 g/mol. The van der Waals surface area contributed by atoms with E-state index in [1.165, 1.54) is 0 Å². The number of aliphatic hydroxyl groups excluding tert-OH is 1. The molecule has 0 radical (unpaired) electrons. The Morgan fingerprint density at radius 2 is 2.20 bits per heavy atom. The van der Waals surface area contributed by atoms with E-state index in [4.69, 9.17) is 0 Å². The van der Waals surface area contributed by atoms with Gasteiger partial charge in [0.1, 0.15) is 5.52 Å². The molecule has 0 aliphatic rings. The molecule has 108 valence electrons. The molecule has 0 unspecified atom stereocenters. The average molecular weight is 274 g/mol. The highest BCUT2D eigenvalue weighted by Crippen LogP contribution is 2.26. The van der Waals surface area contributed by atoms with E-state index in [9.17, 15) is 5.11 Å². The number of aromatic nitrogens is 3. The fourth-order valence-corrected chi connectivity index (χ4v) is 2.08. The Labute approximate surface area is 119 Å². The van der Waals surface area contributed by atoms with Crippen LogP contribution in [0.2, 0.25) is 0 Å². The Balaban J connectivity index is 2.52. The fourth-order valence-electron chi connectivity index (χ4n) is 2.08. The van der Waals surface area contributed by atoms with E-state index in [0.717, 1.165) is 17.0 Å². The first-order valence-corrected chi connectivity index (χ1v) is 6.79. The Bertz CT molecular complexity index is 597. The molecule has 5 nitrogen and oxygen atoms in total. The number of hydrogen-bond acceptors (Lipinski definition) is 4. The summed E-state index contributed by atoms with van der Waals surface area (Å²) in [7, 11) is 0. The molecule has 0 saturated carbocycles. The molecule has 1 N–H and O–H groups in total. The molecule has 0 aliphatic heterocycles. The fraction of sp³-hybridized carbons (Fsp3) is 0.467. The highest BCUT2D eigenvalue weighted by molar-refractivity contribution is 5.69. The van der Waals surface area contributed by atoms with E-state index in [-0.39, 0.29) is 12.0 Å². The molecule has 5 heteroatoms. The van der Waals surface area contributed by atoms with Gasteiger partial charge in [-0.15, -0.1) is 6.58 Å². The van der Waals surface area contributed by atoms with Crippen molar-refractivity contribution in [3.05, 3.63) is 36.8 Å². The maximum atomic E-state index is 9.20. The normalized spacial score (nSPS) is 11.8. The summed E-state index contributed by atoms with van der Waals surface area (Å²) in [4.78, 5) is 6.44. The van der Waals surface area contributed by atoms with Gasteiger partial charge >= 0.3 is 0 Å². The molecule has 0 aliphatic carbocycles. The summed E-state index contributed by atoms with van der Waals surface area (Å²) in [5.74, 6) is 0.824. The van der Waals surface area contributed by atoms with Gasteiger partial charge in [-0.05, 0) is 6.07 Å². The summed E-state index contributed by atoms with van der Waals surface area (Å²) in [6.45, 7) is 11.4. The van der Waals surface area contributed by atoms with Gasteiger partial charge < -0.3 is 10.0 Å². The Morgan fingerprint density at radius 3 is 2.80 bits per heavy atom. The highest BCUT2D eigenvalue weighted by atomic mass is 16.3. The van der Waals surface area contributed by atoms with E-state index >= 15 is 0 Å². The topological polar surface area (TPSA) is 53.7 Å². The largest absolute Gasteiger partial charge is 0.395 e. The monoisotopic (exact) mass is 274 g/mol. The smallest absolute Gasteiger partial charge is 0.155 e. The maximum absolute atomic E-state index is 9.20. The second kappa shape index (κ2) is 5.63. The number of nitrogens with zero attached hydrogens (tertiary/aromatic N) is 4. The number of fused-ring (bicyclic) bond motifs is 1. The van der Waals surface area contributed by atoms with Crippen LogP contribution in [0.15, 0.2) is 31.1 Å². The van der Waals surface area contributed by atoms with Crippen molar-refractivity contribution in [1.82, 2.24) is 14.6 Å². The van der Waals surface area contributed by atoms with Gasteiger partial charge in [-0.1, -0.05) is 26.8 Å². The lowest BCUT2D eigenvalue weighted by molar-refractivity contribution is 0.302. The highest BCUT2D eigenvalue weighted by Gasteiger charge is 2.20. The van der Waals surface area contributed by atoms with E-state index < -0.39 is 0 Å². The molecule has 2 rings (SSSR count). The SMILES string of the molecule is C=CCN(CCO)c1nccn2nc(C(C)(C)C)cc12. The lowest BCUT2D eigenvalue weighted by Crippen LogP contribution is -2.28. The number of rotatable bonds is 5. The van der Waals surface area contributed by atoms with Gasteiger partial charge in [0.25, 0.3) is 0 Å². The van der Waals surface area contributed by atoms with Crippen LogP contribution in [-0.2, 0) is 5.41 Å². The quantitative estimate of drug-likeness (QED) is 0.847. The van der Waals surface area contributed by atoms with Crippen molar-refractivity contribution in [2.75, 3.05) is 24.6 Å². The third-order valence-corrected chi connectivity index (χ3v) is 3.16. The minimum atomic E-state index is -0.0104. The summed E-state index contributed by atoms with van der Waals surface area (Å²) in [6, 6.07) is 2.07. The zero-order valence-electron chi connectivity index (χ0n) is 12.4. The van der Waals surface area contributed by atoms with Crippen molar-refractivity contribution in [2.24, 2.45) is 0 Å². The predicted octanol–water partition coefficient (Wildman–Crippen LogP) is 2.01. The van der Waals surface area contributed by atoms with E-state index in [1.807, 2.05) is 21.7 Å². The Morgan fingerprint density at radius 1 is 1.45 bits per heavy atom. The van der Waals surface area contributed by atoms with Crippen LogP contribution in [0.5, 0.6) is 0 Å². The van der Waals surface area contributed by atoms with Crippen LogP contribution < -0.4 is 4.90 Å². The van der Waals surface area contributed by atoms with Crippen LogP contribution in [0.3, 0.4) is 0 Å². The van der Waals surface area contributed by atoms with Gasteiger partial charge in [-0.25, -0.2) is 9.50 Å². The van der Waals surface area contributed by atoms with Gasteiger partial charge in [0.2, 0.25) is 0 Å². The number of anilines is 1. The van der Waals surface area contributed by atoms with Crippen molar-refractivity contribution in [1.29, 1.82) is 0 Å². The lowest BCUT2D eigenvalue weighted by atomic mass is 9.92. The first-order chi connectivity index (χ1) is 9.47. The molecule has 2 aromatic rings. The molecule has 20 heavy (non-hydrogen) atoms. The van der Waals surface area contributed by atoms with Gasteiger partial charge in [-0.2, -0.15) is 5.10 Å². The molecule has 0 atom stereocenters. The lowest BCUT2D eigenvalue weighted by Gasteiger charge is -2.21. The zero-order valence-corrected chi connectivity index (χ0v) is 12.4. The minimum absolute atomic E-state index is 0.0104. The number of hydrogen-bond donors (Lipinski definition) is 1. The van der Waals surface area contributed by atoms with Gasteiger partial charge in [-0.3, -0.25) is 0 Å². The minimum Gasteiger partial charge on any atom is -0.395 e. The first-order valence-electron chi connectivity index (χ1n) is 6.79. The first kappa shape index (κ1) is 14.5. The third-order valence-electron chi connectivity index (χ3n) is 3.16. The molecule has 0 spiro atoms. The molecule has 2 heterocycles.